The predicted molar refractivity (Wildman–Crippen MR) is 104 cm³/mol. The number of hydrogen-bond acceptors (Lipinski definition) is 5. The van der Waals surface area contributed by atoms with Crippen LogP contribution in [0.1, 0.15) is 32.4 Å². The van der Waals surface area contributed by atoms with Crippen LogP contribution in [0.5, 0.6) is 0 Å². The lowest BCUT2D eigenvalue weighted by Gasteiger charge is -2.23. The molecule has 5 nitrogen and oxygen atoms in total. The fourth-order valence-corrected chi connectivity index (χ4v) is 2.62. The Morgan fingerprint density at radius 2 is 1.58 bits per heavy atom. The fourth-order valence-electron chi connectivity index (χ4n) is 2.62. The van der Waals surface area contributed by atoms with Gasteiger partial charge in [-0.05, 0) is 44.0 Å². The largest absolute Gasteiger partial charge is 0.378 e. The van der Waals surface area contributed by atoms with E-state index in [2.05, 4.69) is 64.3 Å². The second-order valence-corrected chi connectivity index (χ2v) is 6.24. The van der Waals surface area contributed by atoms with Crippen LogP contribution >= 0.6 is 0 Å². The molecular formula is C19H29N5. The lowest BCUT2D eigenvalue weighted by atomic mass is 10.2. The average molecular weight is 327 g/mol. The van der Waals surface area contributed by atoms with Gasteiger partial charge >= 0.3 is 0 Å². The van der Waals surface area contributed by atoms with Crippen LogP contribution in [-0.2, 0) is 0 Å². The highest BCUT2D eigenvalue weighted by atomic mass is 15.2. The van der Waals surface area contributed by atoms with E-state index in [1.807, 2.05) is 21.0 Å². The maximum absolute atomic E-state index is 4.72. The monoisotopic (exact) mass is 327 g/mol. The summed E-state index contributed by atoms with van der Waals surface area (Å²) in [5.41, 5.74) is 3.14. The Kier molecular flexibility index (Phi) is 6.41. The maximum atomic E-state index is 4.72. The highest BCUT2D eigenvalue weighted by Crippen LogP contribution is 2.21. The standard InChI is InChI=1S/C19H29N5/c1-6-12-24(13-7-2)18-14-15(3)20-19(22-18)21-16-8-10-17(11-9-16)23(4)5/h8-11,14H,6-7,12-13H2,1-5H3,(H,20,21,22). The smallest absolute Gasteiger partial charge is 0.229 e. The number of benzene rings is 1. The number of aromatic nitrogens is 2. The Bertz CT molecular complexity index is 631. The van der Waals surface area contributed by atoms with Gasteiger partial charge in [-0.2, -0.15) is 4.98 Å². The first-order chi connectivity index (χ1) is 11.5. The molecule has 24 heavy (non-hydrogen) atoms. The number of nitrogens with zero attached hydrogens (tertiary/aromatic N) is 4. The molecule has 0 amide bonds. The van der Waals surface area contributed by atoms with Crippen molar-refractivity contribution in [3.8, 4) is 0 Å². The van der Waals surface area contributed by atoms with Crippen molar-refractivity contribution < 1.29 is 0 Å². The molecule has 0 saturated heterocycles. The SMILES string of the molecule is CCCN(CCC)c1cc(C)nc(Nc2ccc(N(C)C)cc2)n1. The Labute approximate surface area is 145 Å². The average Bonchev–Trinajstić information content (AvgIpc) is 2.54. The van der Waals surface area contributed by atoms with Crippen molar-refractivity contribution in [1.29, 1.82) is 0 Å². The van der Waals surface area contributed by atoms with E-state index in [0.29, 0.717) is 5.95 Å². The summed E-state index contributed by atoms with van der Waals surface area (Å²) in [6, 6.07) is 10.3. The van der Waals surface area contributed by atoms with E-state index in [0.717, 1.165) is 43.1 Å². The number of anilines is 4. The molecule has 0 unspecified atom stereocenters. The van der Waals surface area contributed by atoms with Gasteiger partial charge in [0.1, 0.15) is 5.82 Å². The summed E-state index contributed by atoms with van der Waals surface area (Å²) in [7, 11) is 4.07. The van der Waals surface area contributed by atoms with Gasteiger partial charge in [-0.15, -0.1) is 0 Å². The van der Waals surface area contributed by atoms with E-state index < -0.39 is 0 Å². The molecule has 0 aliphatic heterocycles. The van der Waals surface area contributed by atoms with E-state index in [1.54, 1.807) is 0 Å². The van der Waals surface area contributed by atoms with Crippen LogP contribution in [0.4, 0.5) is 23.1 Å². The maximum Gasteiger partial charge on any atom is 0.229 e. The number of rotatable bonds is 8. The van der Waals surface area contributed by atoms with Crippen molar-refractivity contribution in [2.75, 3.05) is 42.3 Å². The normalized spacial score (nSPS) is 10.5. The zero-order valence-electron chi connectivity index (χ0n) is 15.5. The van der Waals surface area contributed by atoms with Gasteiger partial charge in [-0.1, -0.05) is 13.8 Å². The minimum Gasteiger partial charge on any atom is -0.378 e. The van der Waals surface area contributed by atoms with Crippen molar-refractivity contribution in [3.05, 3.63) is 36.0 Å². The van der Waals surface area contributed by atoms with E-state index in [1.165, 1.54) is 5.69 Å². The van der Waals surface area contributed by atoms with Crippen LogP contribution in [0.3, 0.4) is 0 Å². The van der Waals surface area contributed by atoms with Crippen LogP contribution in [0.25, 0.3) is 0 Å². The molecule has 0 aliphatic rings. The van der Waals surface area contributed by atoms with Crippen LogP contribution < -0.4 is 15.1 Å². The van der Waals surface area contributed by atoms with Crippen molar-refractivity contribution in [1.82, 2.24) is 9.97 Å². The highest BCUT2D eigenvalue weighted by Gasteiger charge is 2.09. The lowest BCUT2D eigenvalue weighted by Crippen LogP contribution is -2.26. The van der Waals surface area contributed by atoms with Gasteiger partial charge in [0.25, 0.3) is 0 Å². The van der Waals surface area contributed by atoms with Crippen LogP contribution in [0, 0.1) is 6.92 Å². The first-order valence-corrected chi connectivity index (χ1v) is 8.68. The van der Waals surface area contributed by atoms with Gasteiger partial charge in [-0.3, -0.25) is 0 Å². The van der Waals surface area contributed by atoms with Gasteiger partial charge in [0.05, 0.1) is 0 Å². The molecule has 1 heterocycles. The lowest BCUT2D eigenvalue weighted by molar-refractivity contribution is 0.732. The molecule has 0 saturated carbocycles. The molecule has 0 spiro atoms. The van der Waals surface area contributed by atoms with E-state index in [-0.39, 0.29) is 0 Å². The van der Waals surface area contributed by atoms with Gasteiger partial charge < -0.3 is 15.1 Å². The molecule has 2 rings (SSSR count). The van der Waals surface area contributed by atoms with Gasteiger partial charge in [0, 0.05) is 50.3 Å². The quantitative estimate of drug-likeness (QED) is 0.786. The summed E-state index contributed by atoms with van der Waals surface area (Å²) < 4.78 is 0. The minimum absolute atomic E-state index is 0.653. The first kappa shape index (κ1) is 18.0. The molecule has 0 atom stereocenters. The molecule has 0 aliphatic carbocycles. The number of aryl methyl sites for hydroxylation is 1. The Morgan fingerprint density at radius 3 is 2.12 bits per heavy atom. The van der Waals surface area contributed by atoms with Gasteiger partial charge in [0.15, 0.2) is 0 Å². The van der Waals surface area contributed by atoms with Gasteiger partial charge in [-0.25, -0.2) is 4.98 Å². The van der Waals surface area contributed by atoms with Crippen molar-refractivity contribution in [2.24, 2.45) is 0 Å². The highest BCUT2D eigenvalue weighted by molar-refractivity contribution is 5.60. The van der Waals surface area contributed by atoms with Crippen LogP contribution in [0.15, 0.2) is 30.3 Å². The number of nitrogens with one attached hydrogen (secondary N) is 1. The Balaban J connectivity index is 2.20. The first-order valence-electron chi connectivity index (χ1n) is 8.68. The third-order valence-electron chi connectivity index (χ3n) is 3.79. The number of hydrogen-bond donors (Lipinski definition) is 1. The molecule has 130 valence electrons. The predicted octanol–water partition coefficient (Wildman–Crippen LogP) is 4.22. The topological polar surface area (TPSA) is 44.3 Å². The van der Waals surface area contributed by atoms with Crippen molar-refractivity contribution in [2.45, 2.75) is 33.6 Å². The molecule has 2 aromatic rings. The second kappa shape index (κ2) is 8.52. The summed E-state index contributed by atoms with van der Waals surface area (Å²) in [5.74, 6) is 1.65. The molecular weight excluding hydrogens is 298 g/mol. The minimum atomic E-state index is 0.653. The zero-order chi connectivity index (χ0) is 17.5. The summed E-state index contributed by atoms with van der Waals surface area (Å²) in [5, 5.41) is 3.32. The molecule has 0 fully saturated rings. The molecule has 0 bridgehead atoms. The van der Waals surface area contributed by atoms with E-state index in [4.69, 9.17) is 4.98 Å². The summed E-state index contributed by atoms with van der Waals surface area (Å²) >= 11 is 0. The molecule has 1 aromatic carbocycles. The zero-order valence-corrected chi connectivity index (χ0v) is 15.5. The molecule has 0 radical (unpaired) electrons. The van der Waals surface area contributed by atoms with Crippen LogP contribution in [-0.4, -0.2) is 37.2 Å². The van der Waals surface area contributed by atoms with Gasteiger partial charge in [0.2, 0.25) is 5.95 Å². The summed E-state index contributed by atoms with van der Waals surface area (Å²) in [4.78, 5) is 13.7. The third kappa shape index (κ3) is 4.85. The summed E-state index contributed by atoms with van der Waals surface area (Å²) in [6.07, 6.45) is 2.22. The Hall–Kier alpha value is -2.30. The van der Waals surface area contributed by atoms with E-state index >= 15 is 0 Å². The van der Waals surface area contributed by atoms with Crippen molar-refractivity contribution in [3.63, 3.8) is 0 Å². The van der Waals surface area contributed by atoms with Crippen LogP contribution in [0.2, 0.25) is 0 Å². The Morgan fingerprint density at radius 1 is 0.958 bits per heavy atom. The second-order valence-electron chi connectivity index (χ2n) is 6.24. The molecule has 1 aromatic heterocycles. The van der Waals surface area contributed by atoms with Crippen molar-refractivity contribution >= 4 is 23.1 Å². The van der Waals surface area contributed by atoms with E-state index in [9.17, 15) is 0 Å². The summed E-state index contributed by atoms with van der Waals surface area (Å²) in [6.45, 7) is 8.44. The third-order valence-corrected chi connectivity index (χ3v) is 3.79. The molecule has 1 N–H and O–H groups in total. The molecule has 5 heteroatoms. The fraction of sp³-hybridized carbons (Fsp3) is 0.474.